The van der Waals surface area contributed by atoms with Crippen molar-refractivity contribution in [2.75, 3.05) is 32.1 Å². The lowest BCUT2D eigenvalue weighted by Gasteiger charge is -2.27. The molecule has 3 aromatic rings. The minimum atomic E-state index is -4.03. The summed E-state index contributed by atoms with van der Waals surface area (Å²) in [6.07, 6.45) is 0. The van der Waals surface area contributed by atoms with Crippen LogP contribution in [0.4, 0.5) is 5.69 Å². The van der Waals surface area contributed by atoms with Crippen LogP contribution in [0.1, 0.15) is 16.7 Å². The molecule has 0 spiro atoms. The molecule has 0 fully saturated rings. The Bertz CT molecular complexity index is 1310. The van der Waals surface area contributed by atoms with Crippen molar-refractivity contribution in [3.05, 3.63) is 82.4 Å². The van der Waals surface area contributed by atoms with Gasteiger partial charge in [0.05, 0.1) is 24.8 Å². The van der Waals surface area contributed by atoms with Crippen LogP contribution < -0.4 is 13.8 Å². The van der Waals surface area contributed by atoms with Crippen LogP contribution in [0, 0.1) is 13.8 Å². The smallest absolute Gasteiger partial charge is 0.264 e. The number of likely N-dealkylation sites (N-methyl/N-ethyl adjacent to an activating group) is 1. The highest BCUT2D eigenvalue weighted by atomic mass is 35.5. The van der Waals surface area contributed by atoms with Gasteiger partial charge in [0, 0.05) is 18.6 Å². The van der Waals surface area contributed by atoms with Gasteiger partial charge in [-0.05, 0) is 79.1 Å². The molecule has 35 heavy (non-hydrogen) atoms. The highest BCUT2D eigenvalue weighted by Gasteiger charge is 2.28. The van der Waals surface area contributed by atoms with Gasteiger partial charge in [-0.15, -0.1) is 0 Å². The Balaban J connectivity index is 1.91. The number of benzene rings is 3. The normalized spacial score (nSPS) is 11.1. The predicted molar refractivity (Wildman–Crippen MR) is 138 cm³/mol. The molecule has 0 atom stereocenters. The standard InChI is InChI=1S/C26H29ClN2O5S/c1-18-6-10-22(14-19(18)2)29(35(31,32)23-11-8-21(27)9-12-23)17-26(30)28(3)16-20-7-13-24(33-4)25(15-20)34-5/h6-15H,16-17H2,1-5H3. The molecule has 186 valence electrons. The van der Waals surface area contributed by atoms with E-state index in [0.29, 0.717) is 22.2 Å². The largest absolute Gasteiger partial charge is 0.493 e. The van der Waals surface area contributed by atoms with Crippen molar-refractivity contribution in [3.63, 3.8) is 0 Å². The Morgan fingerprint density at radius 2 is 1.54 bits per heavy atom. The van der Waals surface area contributed by atoms with E-state index in [9.17, 15) is 13.2 Å². The summed E-state index contributed by atoms with van der Waals surface area (Å²) in [7, 11) is 0.693. The maximum Gasteiger partial charge on any atom is 0.264 e. The van der Waals surface area contributed by atoms with Crippen LogP contribution in [-0.4, -0.2) is 47.0 Å². The molecule has 7 nitrogen and oxygen atoms in total. The van der Waals surface area contributed by atoms with Crippen LogP contribution in [0.2, 0.25) is 5.02 Å². The fraction of sp³-hybridized carbons (Fsp3) is 0.269. The van der Waals surface area contributed by atoms with Crippen molar-refractivity contribution in [3.8, 4) is 11.5 Å². The summed E-state index contributed by atoms with van der Waals surface area (Å²) in [6.45, 7) is 3.74. The number of aryl methyl sites for hydroxylation is 2. The average Bonchev–Trinajstić information content (AvgIpc) is 2.84. The van der Waals surface area contributed by atoms with Gasteiger partial charge in [0.1, 0.15) is 6.54 Å². The number of anilines is 1. The van der Waals surface area contributed by atoms with E-state index in [0.717, 1.165) is 21.0 Å². The maximum absolute atomic E-state index is 13.6. The topological polar surface area (TPSA) is 76.2 Å². The van der Waals surface area contributed by atoms with Crippen LogP contribution in [0.25, 0.3) is 0 Å². The lowest BCUT2D eigenvalue weighted by molar-refractivity contribution is -0.128. The van der Waals surface area contributed by atoms with Crippen LogP contribution >= 0.6 is 11.6 Å². The summed E-state index contributed by atoms with van der Waals surface area (Å²) in [5.41, 5.74) is 3.17. The number of halogens is 1. The van der Waals surface area contributed by atoms with Gasteiger partial charge in [0.2, 0.25) is 5.91 Å². The predicted octanol–water partition coefficient (Wildman–Crippen LogP) is 4.83. The van der Waals surface area contributed by atoms with E-state index in [1.54, 1.807) is 45.5 Å². The molecule has 0 saturated heterocycles. The molecule has 1 amide bonds. The summed E-state index contributed by atoms with van der Waals surface area (Å²) >= 11 is 5.95. The molecule has 3 rings (SSSR count). The summed E-state index contributed by atoms with van der Waals surface area (Å²) in [5, 5.41) is 0.424. The third-order valence-electron chi connectivity index (χ3n) is 5.75. The van der Waals surface area contributed by atoms with Crippen molar-refractivity contribution in [1.82, 2.24) is 4.90 Å². The van der Waals surface area contributed by atoms with Gasteiger partial charge in [0.15, 0.2) is 11.5 Å². The van der Waals surface area contributed by atoms with Crippen molar-refractivity contribution in [2.45, 2.75) is 25.3 Å². The van der Waals surface area contributed by atoms with E-state index in [4.69, 9.17) is 21.1 Å². The number of sulfonamides is 1. The first-order chi connectivity index (χ1) is 16.6. The Labute approximate surface area is 211 Å². The third kappa shape index (κ3) is 6.07. The molecule has 0 bridgehead atoms. The fourth-order valence-corrected chi connectivity index (χ4v) is 5.05. The Morgan fingerprint density at radius 1 is 0.886 bits per heavy atom. The third-order valence-corrected chi connectivity index (χ3v) is 7.79. The van der Waals surface area contributed by atoms with Gasteiger partial charge < -0.3 is 14.4 Å². The molecule has 0 radical (unpaired) electrons. The minimum Gasteiger partial charge on any atom is -0.493 e. The zero-order chi connectivity index (χ0) is 25.8. The quantitative estimate of drug-likeness (QED) is 0.407. The Hall–Kier alpha value is -3.23. The lowest BCUT2D eigenvalue weighted by atomic mass is 10.1. The van der Waals surface area contributed by atoms with E-state index >= 15 is 0 Å². The molecular formula is C26H29ClN2O5S. The molecule has 0 aliphatic heterocycles. The molecule has 9 heteroatoms. The fourth-order valence-electron chi connectivity index (χ4n) is 3.51. The van der Waals surface area contributed by atoms with Crippen LogP contribution in [-0.2, 0) is 21.4 Å². The number of rotatable bonds is 9. The second-order valence-corrected chi connectivity index (χ2v) is 10.5. The summed E-state index contributed by atoms with van der Waals surface area (Å²) in [5.74, 6) is 0.767. The summed E-state index contributed by atoms with van der Waals surface area (Å²) in [6, 6.07) is 16.6. The zero-order valence-electron chi connectivity index (χ0n) is 20.4. The summed E-state index contributed by atoms with van der Waals surface area (Å²) in [4.78, 5) is 14.8. The number of hydrogen-bond donors (Lipinski definition) is 0. The van der Waals surface area contributed by atoms with Gasteiger partial charge in [-0.1, -0.05) is 23.7 Å². The molecule has 0 heterocycles. The van der Waals surface area contributed by atoms with Gasteiger partial charge >= 0.3 is 0 Å². The van der Waals surface area contributed by atoms with Crippen LogP contribution in [0.5, 0.6) is 11.5 Å². The molecule has 0 aromatic heterocycles. The number of carbonyl (C=O) groups is 1. The molecule has 0 aliphatic carbocycles. The maximum atomic E-state index is 13.6. The number of ether oxygens (including phenoxy) is 2. The first-order valence-corrected chi connectivity index (χ1v) is 12.7. The van der Waals surface area contributed by atoms with E-state index in [1.807, 2.05) is 26.0 Å². The highest BCUT2D eigenvalue weighted by molar-refractivity contribution is 7.92. The second-order valence-electron chi connectivity index (χ2n) is 8.17. The van der Waals surface area contributed by atoms with Crippen molar-refractivity contribution in [2.24, 2.45) is 0 Å². The molecule has 3 aromatic carbocycles. The first kappa shape index (κ1) is 26.4. The summed E-state index contributed by atoms with van der Waals surface area (Å²) < 4.78 is 38.9. The van der Waals surface area contributed by atoms with E-state index < -0.39 is 10.0 Å². The van der Waals surface area contributed by atoms with Crippen molar-refractivity contribution >= 4 is 33.2 Å². The van der Waals surface area contributed by atoms with E-state index in [2.05, 4.69) is 0 Å². The van der Waals surface area contributed by atoms with Gasteiger partial charge in [-0.2, -0.15) is 0 Å². The first-order valence-electron chi connectivity index (χ1n) is 10.9. The molecule has 0 saturated carbocycles. The number of nitrogens with zero attached hydrogens (tertiary/aromatic N) is 2. The number of amides is 1. The van der Waals surface area contributed by atoms with Crippen molar-refractivity contribution in [1.29, 1.82) is 0 Å². The SMILES string of the molecule is COc1ccc(CN(C)C(=O)CN(c2ccc(C)c(C)c2)S(=O)(=O)c2ccc(Cl)cc2)cc1OC. The van der Waals surface area contributed by atoms with Gasteiger partial charge in [-0.3, -0.25) is 9.10 Å². The number of carbonyl (C=O) groups excluding carboxylic acids is 1. The van der Waals surface area contributed by atoms with Crippen LogP contribution in [0.15, 0.2) is 65.6 Å². The number of methoxy groups -OCH3 is 2. The molecule has 0 aliphatic rings. The Kier molecular flexibility index (Phi) is 8.30. The lowest BCUT2D eigenvalue weighted by Crippen LogP contribution is -2.41. The van der Waals surface area contributed by atoms with Gasteiger partial charge in [0.25, 0.3) is 10.0 Å². The Morgan fingerprint density at radius 3 is 2.14 bits per heavy atom. The molecular weight excluding hydrogens is 488 g/mol. The second kappa shape index (κ2) is 11.0. The zero-order valence-corrected chi connectivity index (χ0v) is 22.0. The van der Waals surface area contributed by atoms with Crippen molar-refractivity contribution < 1.29 is 22.7 Å². The minimum absolute atomic E-state index is 0.0514. The van der Waals surface area contributed by atoms with E-state index in [-0.39, 0.29) is 23.9 Å². The highest BCUT2D eigenvalue weighted by Crippen LogP contribution is 2.29. The molecule has 0 unspecified atom stereocenters. The van der Waals surface area contributed by atoms with E-state index in [1.165, 1.54) is 29.2 Å². The van der Waals surface area contributed by atoms with Gasteiger partial charge in [-0.25, -0.2) is 8.42 Å². The average molecular weight is 517 g/mol. The monoisotopic (exact) mass is 516 g/mol. The number of hydrogen-bond acceptors (Lipinski definition) is 5. The molecule has 0 N–H and O–H groups in total. The van der Waals surface area contributed by atoms with Crippen LogP contribution in [0.3, 0.4) is 0 Å².